The number of anilines is 3. The van der Waals surface area contributed by atoms with Crippen LogP contribution in [0.2, 0.25) is 0 Å². The minimum absolute atomic E-state index is 0.889. The highest BCUT2D eigenvalue weighted by atomic mass is 16.3. The average Bonchev–Trinajstić information content (AvgIpc) is 3.81. The molecule has 1 heterocycles. The summed E-state index contributed by atoms with van der Waals surface area (Å²) in [5.41, 5.74) is 16.6. The number of nitrogens with zero attached hydrogens (tertiary/aromatic N) is 1. The van der Waals surface area contributed by atoms with Gasteiger partial charge in [0, 0.05) is 38.7 Å². The van der Waals surface area contributed by atoms with Crippen LogP contribution in [-0.4, -0.2) is 0 Å². The topological polar surface area (TPSA) is 16.4 Å². The second-order valence-corrected chi connectivity index (χ2v) is 17.5. The fourth-order valence-electron chi connectivity index (χ4n) is 10.5. The number of rotatable bonds is 8. The van der Waals surface area contributed by atoms with Crippen LogP contribution < -0.4 is 4.90 Å². The summed E-state index contributed by atoms with van der Waals surface area (Å²) in [6.45, 7) is 0. The Morgan fingerprint density at radius 1 is 0.265 bits per heavy atom. The number of hydrogen-bond acceptors (Lipinski definition) is 2. The zero-order valence-electron chi connectivity index (χ0n) is 37.2. The van der Waals surface area contributed by atoms with Gasteiger partial charge in [-0.25, -0.2) is 0 Å². The van der Waals surface area contributed by atoms with Gasteiger partial charge in [0.15, 0.2) is 0 Å². The van der Waals surface area contributed by atoms with Gasteiger partial charge < -0.3 is 9.32 Å². The van der Waals surface area contributed by atoms with Gasteiger partial charge in [0.1, 0.15) is 11.2 Å². The van der Waals surface area contributed by atoms with Gasteiger partial charge in [-0.2, -0.15) is 0 Å². The largest absolute Gasteiger partial charge is 0.455 e. The van der Waals surface area contributed by atoms with Gasteiger partial charge in [-0.15, -0.1) is 0 Å². The smallest absolute Gasteiger partial charge is 0.143 e. The third kappa shape index (κ3) is 6.65. The highest BCUT2D eigenvalue weighted by Gasteiger charge is 2.25. The lowest BCUT2D eigenvalue weighted by Gasteiger charge is -2.31. The van der Waals surface area contributed by atoms with Crippen molar-refractivity contribution in [3.63, 3.8) is 0 Å². The molecule has 2 heteroatoms. The van der Waals surface area contributed by atoms with E-state index in [0.29, 0.717) is 0 Å². The van der Waals surface area contributed by atoms with Gasteiger partial charge in [0.05, 0.1) is 5.69 Å². The predicted molar refractivity (Wildman–Crippen MR) is 288 cm³/mol. The first-order valence-electron chi connectivity index (χ1n) is 23.3. The zero-order chi connectivity index (χ0) is 45.0. The summed E-state index contributed by atoms with van der Waals surface area (Å²) in [6, 6.07) is 94.6. The van der Waals surface area contributed by atoms with Gasteiger partial charge in [-0.05, 0) is 108 Å². The van der Waals surface area contributed by atoms with E-state index in [1.54, 1.807) is 0 Å². The lowest BCUT2D eigenvalue weighted by Crippen LogP contribution is -2.12. The molecule has 0 aliphatic rings. The minimum Gasteiger partial charge on any atom is -0.455 e. The molecule has 1 aromatic heterocycles. The van der Waals surface area contributed by atoms with Crippen molar-refractivity contribution in [2.45, 2.75) is 0 Å². The standard InChI is InChI=1S/C66H43NO/c1-3-18-44(19-4-1)48-38-41-53(45-20-5-2-6-21-45)62(43-48)47-36-39-50(40-37-47)67(51-25-15-24-49(42-51)54-32-17-34-61-57-29-13-14-35-63(57)68-66(54)61)65-60-31-12-10-28-56(60)55-27-9-11-30-59(55)64(65)58-33-16-23-46-22-7-8-26-52(46)58/h1-43H. The van der Waals surface area contributed by atoms with Crippen molar-refractivity contribution in [3.8, 4) is 55.6 Å². The summed E-state index contributed by atoms with van der Waals surface area (Å²) in [5, 5.41) is 9.45. The number of para-hydroxylation sites is 2. The average molecular weight is 866 g/mol. The molecule has 0 radical (unpaired) electrons. The molecule has 12 aromatic carbocycles. The Labute approximate surface area is 395 Å². The molecule has 0 bridgehead atoms. The van der Waals surface area contributed by atoms with E-state index in [1.165, 1.54) is 71.3 Å². The van der Waals surface area contributed by atoms with E-state index < -0.39 is 0 Å². The maximum Gasteiger partial charge on any atom is 0.143 e. The van der Waals surface area contributed by atoms with E-state index in [9.17, 15) is 0 Å². The van der Waals surface area contributed by atoms with Crippen LogP contribution in [0.5, 0.6) is 0 Å². The van der Waals surface area contributed by atoms with E-state index in [1.807, 2.05) is 6.07 Å². The molecule has 0 saturated heterocycles. The molecular weight excluding hydrogens is 823 g/mol. The number of fused-ring (bicyclic) bond motifs is 7. The molecule has 0 aliphatic carbocycles. The van der Waals surface area contributed by atoms with E-state index in [2.05, 4.69) is 260 Å². The monoisotopic (exact) mass is 865 g/mol. The molecule has 0 N–H and O–H groups in total. The zero-order valence-corrected chi connectivity index (χ0v) is 37.2. The normalized spacial score (nSPS) is 11.5. The molecule has 0 spiro atoms. The Balaban J connectivity index is 1.08. The van der Waals surface area contributed by atoms with Gasteiger partial charge in [-0.1, -0.05) is 224 Å². The van der Waals surface area contributed by atoms with Crippen LogP contribution in [0.15, 0.2) is 265 Å². The Morgan fingerprint density at radius 2 is 0.809 bits per heavy atom. The summed E-state index contributed by atoms with van der Waals surface area (Å²) in [4.78, 5) is 2.50. The second kappa shape index (κ2) is 16.5. The van der Waals surface area contributed by atoms with Crippen LogP contribution in [0.25, 0.3) is 110 Å². The van der Waals surface area contributed by atoms with E-state index in [-0.39, 0.29) is 0 Å². The maximum atomic E-state index is 6.65. The minimum atomic E-state index is 0.889. The van der Waals surface area contributed by atoms with Crippen molar-refractivity contribution in [1.82, 2.24) is 0 Å². The quantitative estimate of drug-likeness (QED) is 0.142. The van der Waals surface area contributed by atoms with Crippen molar-refractivity contribution in [2.75, 3.05) is 4.90 Å². The molecule has 0 amide bonds. The summed E-state index contributed by atoms with van der Waals surface area (Å²) in [7, 11) is 0. The molecule has 0 unspecified atom stereocenters. The third-order valence-electron chi connectivity index (χ3n) is 13.7. The molecule has 0 aliphatic heterocycles. The second-order valence-electron chi connectivity index (χ2n) is 17.5. The van der Waals surface area contributed by atoms with E-state index in [4.69, 9.17) is 4.42 Å². The fourth-order valence-corrected chi connectivity index (χ4v) is 10.5. The Bertz CT molecular complexity index is 4010. The van der Waals surface area contributed by atoms with Gasteiger partial charge in [-0.3, -0.25) is 0 Å². The number of benzene rings is 12. The maximum absolute atomic E-state index is 6.65. The molecule has 0 saturated carbocycles. The van der Waals surface area contributed by atoms with Crippen molar-refractivity contribution >= 4 is 71.3 Å². The van der Waals surface area contributed by atoms with Gasteiger partial charge >= 0.3 is 0 Å². The predicted octanol–water partition coefficient (Wildman–Crippen LogP) is 18.9. The van der Waals surface area contributed by atoms with Crippen molar-refractivity contribution in [1.29, 1.82) is 0 Å². The van der Waals surface area contributed by atoms with E-state index >= 15 is 0 Å². The molecular formula is C66H43NO. The lowest BCUT2D eigenvalue weighted by molar-refractivity contribution is 0.670. The van der Waals surface area contributed by atoms with Crippen LogP contribution in [0.1, 0.15) is 0 Å². The Hall–Kier alpha value is -8.98. The van der Waals surface area contributed by atoms with Crippen LogP contribution in [0.4, 0.5) is 17.1 Å². The highest BCUT2D eigenvalue weighted by molar-refractivity contribution is 6.24. The molecule has 68 heavy (non-hydrogen) atoms. The molecule has 13 rings (SSSR count). The van der Waals surface area contributed by atoms with Crippen LogP contribution in [-0.2, 0) is 0 Å². The van der Waals surface area contributed by atoms with E-state index in [0.717, 1.165) is 55.7 Å². The van der Waals surface area contributed by atoms with Gasteiger partial charge in [0.2, 0.25) is 0 Å². The summed E-state index contributed by atoms with van der Waals surface area (Å²) in [5.74, 6) is 0. The summed E-state index contributed by atoms with van der Waals surface area (Å²) >= 11 is 0. The Morgan fingerprint density at radius 3 is 1.60 bits per heavy atom. The summed E-state index contributed by atoms with van der Waals surface area (Å²) < 4.78 is 6.65. The Kier molecular flexibility index (Phi) is 9.54. The molecule has 318 valence electrons. The fraction of sp³-hybridized carbons (Fsp3) is 0. The van der Waals surface area contributed by atoms with Crippen LogP contribution >= 0.6 is 0 Å². The third-order valence-corrected chi connectivity index (χ3v) is 13.7. The summed E-state index contributed by atoms with van der Waals surface area (Å²) in [6.07, 6.45) is 0. The van der Waals surface area contributed by atoms with Crippen LogP contribution in [0, 0.1) is 0 Å². The first-order valence-corrected chi connectivity index (χ1v) is 23.3. The molecule has 0 atom stereocenters. The van der Waals surface area contributed by atoms with Crippen molar-refractivity contribution in [2.24, 2.45) is 0 Å². The highest BCUT2D eigenvalue weighted by Crippen LogP contribution is 2.51. The molecule has 2 nitrogen and oxygen atoms in total. The molecule has 13 aromatic rings. The number of furan rings is 1. The molecule has 0 fully saturated rings. The van der Waals surface area contributed by atoms with Gasteiger partial charge in [0.25, 0.3) is 0 Å². The van der Waals surface area contributed by atoms with Crippen molar-refractivity contribution < 1.29 is 4.42 Å². The number of hydrogen-bond donors (Lipinski definition) is 0. The first kappa shape index (κ1) is 39.4. The SMILES string of the molecule is c1ccc(-c2ccc(-c3ccccc3)c(-c3ccc(N(c4cccc(-c5cccc6c5oc5ccccc56)c4)c4c(-c5cccc6ccccc56)c5ccccc5c5ccccc45)cc3)c2)cc1. The lowest BCUT2D eigenvalue weighted by atomic mass is 9.87. The first-order chi connectivity index (χ1) is 33.7. The van der Waals surface area contributed by atoms with Crippen LogP contribution in [0.3, 0.4) is 0 Å². The van der Waals surface area contributed by atoms with Crippen molar-refractivity contribution in [3.05, 3.63) is 261 Å².